The zero-order valence-electron chi connectivity index (χ0n) is 36.7. The van der Waals surface area contributed by atoms with Gasteiger partial charge in [0, 0.05) is 6.42 Å². The molecule has 0 N–H and O–H groups in total. The average molecular weight is 781 g/mol. The van der Waals surface area contributed by atoms with E-state index in [9.17, 15) is 4.79 Å². The van der Waals surface area contributed by atoms with Gasteiger partial charge >= 0.3 is 5.97 Å². The van der Waals surface area contributed by atoms with E-state index in [4.69, 9.17) is 18.0 Å². The van der Waals surface area contributed by atoms with Gasteiger partial charge in [-0.3, -0.25) is 4.79 Å². The number of rotatable bonds is 18. The van der Waals surface area contributed by atoms with E-state index in [-0.39, 0.29) is 39.2 Å². The quantitative estimate of drug-likeness (QED) is 0.0454. The van der Waals surface area contributed by atoms with E-state index in [0.717, 1.165) is 56.5 Å². The third kappa shape index (κ3) is 15.9. The molecule has 0 saturated heterocycles. The van der Waals surface area contributed by atoms with Crippen LogP contribution in [0.2, 0.25) is 54.4 Å². The summed E-state index contributed by atoms with van der Waals surface area (Å²) in [5.41, 5.74) is 2.71. The molecule has 1 aliphatic rings. The van der Waals surface area contributed by atoms with Gasteiger partial charge in [0.25, 0.3) is 0 Å². The first-order valence-corrected chi connectivity index (χ1v) is 29.5. The molecule has 1 aliphatic carbocycles. The van der Waals surface area contributed by atoms with E-state index in [1.165, 1.54) is 18.3 Å². The molecule has 1 unspecified atom stereocenters. The molecule has 0 fully saturated rings. The van der Waals surface area contributed by atoms with Crippen molar-refractivity contribution in [1.29, 1.82) is 0 Å². The lowest BCUT2D eigenvalue weighted by Crippen LogP contribution is -2.45. The molecular formula is C42H80O5SSi3. The predicted molar refractivity (Wildman–Crippen MR) is 231 cm³/mol. The zero-order chi connectivity index (χ0) is 39.6. The fourth-order valence-corrected chi connectivity index (χ4v) is 9.79. The molecule has 9 heteroatoms. The van der Waals surface area contributed by atoms with Crippen LogP contribution in [-0.2, 0) is 22.8 Å². The maximum atomic E-state index is 11.7. The van der Waals surface area contributed by atoms with Crippen LogP contribution >= 0.6 is 11.8 Å². The van der Waals surface area contributed by atoms with Gasteiger partial charge < -0.3 is 18.0 Å². The fraction of sp³-hybridized carbons (Fsp3) is 0.833. The Morgan fingerprint density at radius 2 is 1.47 bits per heavy atom. The Morgan fingerprint density at radius 3 is 1.98 bits per heavy atom. The summed E-state index contributed by atoms with van der Waals surface area (Å²) in [7, 11) is -4.85. The first-order valence-electron chi connectivity index (χ1n) is 19.6. The van der Waals surface area contributed by atoms with Crippen LogP contribution in [0, 0.1) is 23.7 Å². The standard InChI is InChI=1S/C42H80O5SSi3/c1-32(2)23-22-24-33(3)29-34(45-49(14,15)40(4,5)6)26-27-36-35(25-20-21-28-48-31-39(43)44-13)37(46-50(16,17)41(7,8)9)30-38(36)47-51(18,19)42(10,11)12/h23,33-34,36,38H,20-22,24-25,28-31H2,1-19H3/t33-,34+,36?,38+/m0/s1. The molecule has 0 heterocycles. The lowest BCUT2D eigenvalue weighted by molar-refractivity contribution is -0.137. The van der Waals surface area contributed by atoms with Gasteiger partial charge in [-0.2, -0.15) is 11.8 Å². The number of carbonyl (C=O) groups is 1. The second-order valence-corrected chi connectivity index (χ2v) is 35.2. The smallest absolute Gasteiger partial charge is 0.315 e. The third-order valence-corrected chi connectivity index (χ3v) is 26.2. The van der Waals surface area contributed by atoms with Gasteiger partial charge in [-0.15, -0.1) is 0 Å². The summed E-state index contributed by atoms with van der Waals surface area (Å²) in [6.07, 6.45) is 9.08. The number of esters is 1. The van der Waals surface area contributed by atoms with E-state index < -0.39 is 25.0 Å². The summed E-state index contributed by atoms with van der Waals surface area (Å²) >= 11 is 1.65. The van der Waals surface area contributed by atoms with E-state index in [0.29, 0.717) is 11.7 Å². The Balaban J connectivity index is 3.73. The SMILES string of the molecule is COC(=O)CSCCCCC1=C(O[Si](C)(C)C(C)(C)C)C[C@@H](O[Si](C)(C)C(C)(C)C)C1C#C[C@H](C[C@@H](C)CCC=C(C)C)O[Si](C)(C)C(C)(C)C. The van der Waals surface area contributed by atoms with Crippen LogP contribution in [0.15, 0.2) is 23.0 Å². The molecule has 0 aromatic rings. The van der Waals surface area contributed by atoms with Crippen molar-refractivity contribution >= 4 is 42.7 Å². The number of hydrogen-bond acceptors (Lipinski definition) is 6. The van der Waals surface area contributed by atoms with Gasteiger partial charge in [0.1, 0.15) is 6.10 Å². The number of hydrogen-bond donors (Lipinski definition) is 0. The van der Waals surface area contributed by atoms with Crippen LogP contribution < -0.4 is 0 Å². The molecule has 1 rings (SSSR count). The number of methoxy groups -OCH3 is 1. The second kappa shape index (κ2) is 19.7. The topological polar surface area (TPSA) is 54.0 Å². The Hall–Kier alpha value is -0.769. The molecule has 296 valence electrons. The van der Waals surface area contributed by atoms with Crippen LogP contribution in [0.3, 0.4) is 0 Å². The fourth-order valence-electron chi connectivity index (χ4n) is 5.26. The summed E-state index contributed by atoms with van der Waals surface area (Å²) in [5, 5.41) is 0.263. The van der Waals surface area contributed by atoms with Crippen LogP contribution in [0.25, 0.3) is 0 Å². The summed E-state index contributed by atoms with van der Waals surface area (Å²) in [5.74, 6) is 10.4. The van der Waals surface area contributed by atoms with Gasteiger partial charge in [-0.05, 0) is 124 Å². The van der Waals surface area contributed by atoms with Gasteiger partial charge in [-0.25, -0.2) is 0 Å². The highest BCUT2D eigenvalue weighted by Crippen LogP contribution is 2.47. The maximum absolute atomic E-state index is 11.7. The Kier molecular flexibility index (Phi) is 18.6. The molecule has 0 aliphatic heterocycles. The predicted octanol–water partition coefficient (Wildman–Crippen LogP) is 12.9. The molecule has 0 bridgehead atoms. The summed E-state index contributed by atoms with van der Waals surface area (Å²) in [6.45, 7) is 41.7. The van der Waals surface area contributed by atoms with E-state index >= 15 is 0 Å². The van der Waals surface area contributed by atoms with Crippen molar-refractivity contribution in [3.8, 4) is 11.8 Å². The second-order valence-electron chi connectivity index (χ2n) is 19.9. The third-order valence-electron chi connectivity index (χ3n) is 11.8. The molecule has 5 nitrogen and oxygen atoms in total. The molecule has 0 saturated carbocycles. The minimum absolute atomic E-state index is 0.0342. The van der Waals surface area contributed by atoms with Crippen LogP contribution in [0.5, 0.6) is 0 Å². The minimum Gasteiger partial charge on any atom is -0.546 e. The van der Waals surface area contributed by atoms with Crippen LogP contribution in [0.1, 0.15) is 128 Å². The van der Waals surface area contributed by atoms with Crippen molar-refractivity contribution in [2.75, 3.05) is 18.6 Å². The Labute approximate surface area is 324 Å². The zero-order valence-corrected chi connectivity index (χ0v) is 40.5. The first-order chi connectivity index (χ1) is 23.0. The number of allylic oxidation sites excluding steroid dienone is 2. The van der Waals surface area contributed by atoms with Crippen molar-refractivity contribution in [3.63, 3.8) is 0 Å². The maximum Gasteiger partial charge on any atom is 0.315 e. The Bertz CT molecular complexity index is 1230. The normalized spacial score (nSPS) is 19.0. The highest BCUT2D eigenvalue weighted by molar-refractivity contribution is 7.99. The number of carbonyl (C=O) groups excluding carboxylic acids is 1. The van der Waals surface area contributed by atoms with Gasteiger partial charge in [-0.1, -0.05) is 92.7 Å². The molecule has 4 atom stereocenters. The summed E-state index contributed by atoms with van der Waals surface area (Å²) in [6, 6.07) is 0. The van der Waals surface area contributed by atoms with Gasteiger partial charge in [0.15, 0.2) is 16.6 Å². The average Bonchev–Trinajstić information content (AvgIpc) is 3.24. The molecular weight excluding hydrogens is 701 g/mol. The first kappa shape index (κ1) is 48.3. The van der Waals surface area contributed by atoms with Gasteiger partial charge in [0.2, 0.25) is 8.32 Å². The van der Waals surface area contributed by atoms with Crippen molar-refractivity contribution in [3.05, 3.63) is 23.0 Å². The molecule has 0 spiro atoms. The van der Waals surface area contributed by atoms with E-state index in [2.05, 4.69) is 140 Å². The highest BCUT2D eigenvalue weighted by Gasteiger charge is 2.47. The highest BCUT2D eigenvalue weighted by atomic mass is 32.2. The molecule has 0 radical (unpaired) electrons. The number of thioether (sulfide) groups is 1. The molecule has 0 amide bonds. The summed E-state index contributed by atoms with van der Waals surface area (Å²) < 4.78 is 26.5. The van der Waals surface area contributed by atoms with Crippen molar-refractivity contribution < 1.29 is 22.8 Å². The monoisotopic (exact) mass is 781 g/mol. The van der Waals surface area contributed by atoms with Crippen molar-refractivity contribution in [2.45, 2.75) is 195 Å². The van der Waals surface area contributed by atoms with E-state index in [1.807, 2.05) is 0 Å². The minimum atomic E-state index is -2.11. The summed E-state index contributed by atoms with van der Waals surface area (Å²) in [4.78, 5) is 11.7. The van der Waals surface area contributed by atoms with Crippen LogP contribution in [0.4, 0.5) is 0 Å². The largest absolute Gasteiger partial charge is 0.546 e. The van der Waals surface area contributed by atoms with E-state index in [1.54, 1.807) is 11.8 Å². The molecule has 0 aromatic carbocycles. The van der Waals surface area contributed by atoms with Crippen molar-refractivity contribution in [1.82, 2.24) is 0 Å². The number of unbranched alkanes of at least 4 members (excludes halogenated alkanes) is 1. The Morgan fingerprint density at radius 1 is 0.902 bits per heavy atom. The number of ether oxygens (including phenoxy) is 1. The lowest BCUT2D eigenvalue weighted by atomic mass is 9.94. The van der Waals surface area contributed by atoms with Crippen molar-refractivity contribution in [2.24, 2.45) is 11.8 Å². The molecule has 0 aromatic heterocycles. The lowest BCUT2D eigenvalue weighted by Gasteiger charge is -2.40. The van der Waals surface area contributed by atoms with Crippen LogP contribution in [-0.4, -0.2) is 61.7 Å². The van der Waals surface area contributed by atoms with Gasteiger partial charge in [0.05, 0.1) is 30.6 Å². The molecule has 51 heavy (non-hydrogen) atoms.